The average Bonchev–Trinajstić information content (AvgIpc) is 3.30. The lowest BCUT2D eigenvalue weighted by atomic mass is 10.0. The number of amides is 1. The smallest absolute Gasteiger partial charge is 0.407 e. The number of fused-ring (bicyclic) bond motifs is 1. The van der Waals surface area contributed by atoms with Crippen LogP contribution in [0.15, 0.2) is 29.8 Å². The lowest BCUT2D eigenvalue weighted by Gasteiger charge is -2.07. The summed E-state index contributed by atoms with van der Waals surface area (Å²) in [7, 11) is 0. The number of hydrogen-bond acceptors (Lipinski definition) is 3. The van der Waals surface area contributed by atoms with E-state index in [0.29, 0.717) is 0 Å². The number of carboxylic acid groups (broad SMARTS) is 1. The maximum absolute atomic E-state index is 10.1. The highest BCUT2D eigenvalue weighted by atomic mass is 32.1. The Bertz CT molecular complexity index is 869. The van der Waals surface area contributed by atoms with Crippen LogP contribution in [0.1, 0.15) is 36.7 Å². The summed E-state index contributed by atoms with van der Waals surface area (Å²) in [5, 5.41) is 8.34. The van der Waals surface area contributed by atoms with Gasteiger partial charge < -0.3 is 15.0 Å². The fourth-order valence-corrected chi connectivity index (χ4v) is 3.94. The molecule has 1 saturated heterocycles. The molecule has 0 unspecified atom stereocenters. The van der Waals surface area contributed by atoms with Gasteiger partial charge in [-0.1, -0.05) is 24.3 Å². The molecule has 3 aromatic rings. The van der Waals surface area contributed by atoms with E-state index in [1.54, 1.807) is 11.3 Å². The van der Waals surface area contributed by atoms with E-state index in [1.165, 1.54) is 32.0 Å². The first-order valence-electron chi connectivity index (χ1n) is 8.49. The van der Waals surface area contributed by atoms with Gasteiger partial charge in [0.1, 0.15) is 5.65 Å². The summed E-state index contributed by atoms with van der Waals surface area (Å²) in [5.74, 6) is 0. The quantitative estimate of drug-likeness (QED) is 0.688. The highest BCUT2D eigenvalue weighted by molar-refractivity contribution is 7.16. The topological polar surface area (TPSA) is 69.2 Å². The normalized spacial score (nSPS) is 13.8. The number of nitrogens with one attached hydrogen (secondary N) is 1. The Morgan fingerprint density at radius 2 is 2.04 bits per heavy atom. The Morgan fingerprint density at radius 3 is 2.68 bits per heavy atom. The fraction of sp³-hybridized carbons (Fsp3) is 0.368. The van der Waals surface area contributed by atoms with E-state index in [0.717, 1.165) is 38.0 Å². The third-order valence-electron chi connectivity index (χ3n) is 4.61. The van der Waals surface area contributed by atoms with Gasteiger partial charge in [0.25, 0.3) is 0 Å². The van der Waals surface area contributed by atoms with E-state index >= 15 is 0 Å². The fourth-order valence-electron chi connectivity index (χ4n) is 3.09. The van der Waals surface area contributed by atoms with Crippen LogP contribution in [0.4, 0.5) is 4.79 Å². The molecule has 6 heteroatoms. The number of likely N-dealkylation sites (tertiary alicyclic amines) is 1. The lowest BCUT2D eigenvalue weighted by molar-refractivity contribution is 0.156. The lowest BCUT2D eigenvalue weighted by Crippen LogP contribution is -2.25. The number of thiazole rings is 1. The van der Waals surface area contributed by atoms with Gasteiger partial charge in [-0.3, -0.25) is 0 Å². The molecule has 0 aliphatic carbocycles. The van der Waals surface area contributed by atoms with E-state index in [1.807, 2.05) is 5.51 Å². The Morgan fingerprint density at radius 1 is 1.32 bits per heavy atom. The Balaban J connectivity index is 0.000000230. The molecular weight excluding hydrogens is 334 g/mol. The van der Waals surface area contributed by atoms with Gasteiger partial charge in [-0.2, -0.15) is 0 Å². The highest BCUT2D eigenvalue weighted by Crippen LogP contribution is 2.28. The van der Waals surface area contributed by atoms with Crippen LogP contribution >= 0.6 is 11.3 Å². The maximum Gasteiger partial charge on any atom is 0.407 e. The minimum atomic E-state index is -0.775. The van der Waals surface area contributed by atoms with Crippen LogP contribution in [-0.4, -0.2) is 39.2 Å². The Hall–Kier alpha value is -2.34. The van der Waals surface area contributed by atoms with Crippen LogP contribution < -0.4 is 0 Å². The van der Waals surface area contributed by atoms with Gasteiger partial charge in [-0.25, -0.2) is 9.78 Å². The van der Waals surface area contributed by atoms with Crippen LogP contribution in [0.25, 0.3) is 10.3 Å². The van der Waals surface area contributed by atoms with Crippen LogP contribution in [0, 0.1) is 13.8 Å². The minimum Gasteiger partial charge on any atom is -0.465 e. The molecule has 0 radical (unpaired) electrons. The van der Waals surface area contributed by atoms with Crippen molar-refractivity contribution in [1.29, 1.82) is 0 Å². The second-order valence-electron chi connectivity index (χ2n) is 6.34. The molecule has 3 heterocycles. The maximum atomic E-state index is 10.1. The molecule has 1 aliphatic heterocycles. The zero-order valence-electron chi connectivity index (χ0n) is 14.6. The van der Waals surface area contributed by atoms with Crippen molar-refractivity contribution in [2.24, 2.45) is 0 Å². The molecule has 2 aromatic heterocycles. The largest absolute Gasteiger partial charge is 0.465 e. The Kier molecular flexibility index (Phi) is 5.38. The molecule has 0 atom stereocenters. The minimum absolute atomic E-state index is 0. The highest BCUT2D eigenvalue weighted by Gasteiger charge is 2.15. The molecule has 0 bridgehead atoms. The van der Waals surface area contributed by atoms with Crippen molar-refractivity contribution < 1.29 is 11.3 Å². The number of H-pyrrole nitrogens is 1. The zero-order valence-corrected chi connectivity index (χ0v) is 15.4. The van der Waals surface area contributed by atoms with Crippen molar-refractivity contribution in [3.05, 3.63) is 52.2 Å². The second kappa shape index (κ2) is 7.70. The molecular formula is C19H25N3O2S. The van der Waals surface area contributed by atoms with Crippen LogP contribution in [0.3, 0.4) is 0 Å². The number of aromatic nitrogens is 2. The number of benzene rings is 1. The number of nitrogens with zero attached hydrogens (tertiary/aromatic N) is 2. The van der Waals surface area contributed by atoms with Crippen molar-refractivity contribution in [2.45, 2.75) is 33.1 Å². The van der Waals surface area contributed by atoms with Crippen molar-refractivity contribution in [3.63, 3.8) is 0 Å². The molecule has 1 fully saturated rings. The van der Waals surface area contributed by atoms with Gasteiger partial charge >= 0.3 is 6.09 Å². The third kappa shape index (κ3) is 4.02. The molecule has 25 heavy (non-hydrogen) atoms. The molecule has 0 saturated carbocycles. The summed E-state index contributed by atoms with van der Waals surface area (Å²) in [4.78, 5) is 19.2. The van der Waals surface area contributed by atoms with E-state index in [9.17, 15) is 4.79 Å². The van der Waals surface area contributed by atoms with Crippen molar-refractivity contribution in [1.82, 2.24) is 14.9 Å². The summed E-state index contributed by atoms with van der Waals surface area (Å²) in [6.07, 6.45) is 2.28. The van der Waals surface area contributed by atoms with Gasteiger partial charge in [0.15, 0.2) is 0 Å². The third-order valence-corrected chi connectivity index (χ3v) is 5.49. The first-order valence-corrected chi connectivity index (χ1v) is 9.37. The molecule has 1 aromatic carbocycles. The monoisotopic (exact) mass is 359 g/mol. The SMILES string of the molecule is Cc1ccccc1Cc1c(C)[nH]c2ncsc12.O=C(O)N1CCCC1.[HH]. The molecule has 0 spiro atoms. The van der Waals surface area contributed by atoms with Crippen LogP contribution in [0.5, 0.6) is 0 Å². The summed E-state index contributed by atoms with van der Waals surface area (Å²) in [6.45, 7) is 5.76. The number of aryl methyl sites for hydroxylation is 2. The number of carbonyl (C=O) groups is 1. The number of rotatable bonds is 2. The van der Waals surface area contributed by atoms with Gasteiger partial charge in [0.05, 0.1) is 10.2 Å². The zero-order chi connectivity index (χ0) is 17.8. The van der Waals surface area contributed by atoms with E-state index in [-0.39, 0.29) is 1.43 Å². The first-order chi connectivity index (χ1) is 12.1. The average molecular weight is 359 g/mol. The van der Waals surface area contributed by atoms with Gasteiger partial charge in [-0.05, 0) is 43.4 Å². The molecule has 134 valence electrons. The van der Waals surface area contributed by atoms with E-state index < -0.39 is 6.09 Å². The van der Waals surface area contributed by atoms with Gasteiger partial charge in [0, 0.05) is 26.6 Å². The standard InChI is InChI=1S/C14H14N2S.C5H9NO2.H2/c1-9-5-3-4-6-11(9)7-12-10(2)16-14-13(12)17-8-15-14;7-5(8)6-3-1-2-4-6;/h3-6,8,16H,7H2,1-2H3;1-4H2,(H,7,8);1H. The summed E-state index contributed by atoms with van der Waals surface area (Å²) in [5.41, 5.74) is 8.30. The molecule has 1 amide bonds. The van der Waals surface area contributed by atoms with Crippen molar-refractivity contribution >= 4 is 27.8 Å². The van der Waals surface area contributed by atoms with Crippen molar-refractivity contribution in [2.75, 3.05) is 13.1 Å². The predicted octanol–water partition coefficient (Wildman–Crippen LogP) is 4.84. The van der Waals surface area contributed by atoms with Crippen molar-refractivity contribution in [3.8, 4) is 0 Å². The summed E-state index contributed by atoms with van der Waals surface area (Å²) < 4.78 is 1.30. The van der Waals surface area contributed by atoms with Crippen LogP contribution in [-0.2, 0) is 6.42 Å². The summed E-state index contributed by atoms with van der Waals surface area (Å²) in [6, 6.07) is 8.56. The predicted molar refractivity (Wildman–Crippen MR) is 104 cm³/mol. The Labute approximate surface area is 152 Å². The molecule has 4 rings (SSSR count). The molecule has 5 nitrogen and oxygen atoms in total. The van der Waals surface area contributed by atoms with E-state index in [4.69, 9.17) is 5.11 Å². The van der Waals surface area contributed by atoms with E-state index in [2.05, 4.69) is 48.1 Å². The molecule has 2 N–H and O–H groups in total. The second-order valence-corrected chi connectivity index (χ2v) is 7.19. The van der Waals surface area contributed by atoms with Crippen LogP contribution in [0.2, 0.25) is 0 Å². The molecule has 1 aliphatic rings. The number of aromatic amines is 1. The summed E-state index contributed by atoms with van der Waals surface area (Å²) >= 11 is 1.72. The number of hydrogen-bond donors (Lipinski definition) is 2. The van der Waals surface area contributed by atoms with Gasteiger partial charge in [-0.15, -0.1) is 11.3 Å². The van der Waals surface area contributed by atoms with Gasteiger partial charge in [0.2, 0.25) is 0 Å². The first kappa shape index (κ1) is 17.5.